The van der Waals surface area contributed by atoms with Crippen LogP contribution in [0.1, 0.15) is 46.0 Å². The van der Waals surface area contributed by atoms with Crippen LogP contribution in [0, 0.1) is 5.92 Å². The number of rotatable bonds is 7. The molecule has 1 aliphatic rings. The van der Waals surface area contributed by atoms with Crippen LogP contribution >= 0.6 is 11.8 Å². The minimum Gasteiger partial charge on any atom is -0.313 e. The molecule has 0 aliphatic carbocycles. The fourth-order valence-electron chi connectivity index (χ4n) is 2.20. The molecule has 0 bridgehead atoms. The number of nitrogens with one attached hydrogen (secondary N) is 1. The van der Waals surface area contributed by atoms with E-state index in [4.69, 9.17) is 0 Å². The van der Waals surface area contributed by atoms with Gasteiger partial charge >= 0.3 is 0 Å². The largest absolute Gasteiger partial charge is 0.313 e. The van der Waals surface area contributed by atoms with Gasteiger partial charge in [0, 0.05) is 11.8 Å². The Hall–Kier alpha value is 0.310. The minimum atomic E-state index is 0.812. The monoisotopic (exact) mass is 215 g/mol. The summed E-state index contributed by atoms with van der Waals surface area (Å²) in [5, 5.41) is 3.61. The zero-order valence-corrected chi connectivity index (χ0v) is 10.5. The molecule has 84 valence electrons. The van der Waals surface area contributed by atoms with E-state index in [1.54, 1.807) is 0 Å². The second-order valence-electron chi connectivity index (χ2n) is 4.31. The molecule has 2 unspecified atom stereocenters. The van der Waals surface area contributed by atoms with Crippen molar-refractivity contribution in [2.75, 3.05) is 18.1 Å². The van der Waals surface area contributed by atoms with Gasteiger partial charge in [-0.2, -0.15) is 11.8 Å². The second kappa shape index (κ2) is 7.58. The fourth-order valence-corrected chi connectivity index (χ4v) is 3.69. The van der Waals surface area contributed by atoms with Crippen molar-refractivity contribution in [3.63, 3.8) is 0 Å². The van der Waals surface area contributed by atoms with Crippen LogP contribution in [-0.2, 0) is 0 Å². The second-order valence-corrected chi connectivity index (χ2v) is 5.39. The molecular formula is C12H25NS. The van der Waals surface area contributed by atoms with E-state index in [1.165, 1.54) is 43.6 Å². The molecule has 0 aromatic rings. The molecule has 2 atom stereocenters. The first kappa shape index (κ1) is 12.4. The molecule has 0 amide bonds. The normalized spacial score (nSPS) is 27.0. The highest BCUT2D eigenvalue weighted by molar-refractivity contribution is 7.99. The highest BCUT2D eigenvalue weighted by Crippen LogP contribution is 2.28. The Labute approximate surface area is 93.4 Å². The van der Waals surface area contributed by atoms with Crippen molar-refractivity contribution in [3.8, 4) is 0 Å². The number of hydrogen-bond acceptors (Lipinski definition) is 2. The topological polar surface area (TPSA) is 12.0 Å². The van der Waals surface area contributed by atoms with Crippen molar-refractivity contribution in [3.05, 3.63) is 0 Å². The summed E-state index contributed by atoms with van der Waals surface area (Å²) < 4.78 is 0. The van der Waals surface area contributed by atoms with Crippen LogP contribution in [0.25, 0.3) is 0 Å². The van der Waals surface area contributed by atoms with E-state index in [2.05, 4.69) is 30.9 Å². The lowest BCUT2D eigenvalue weighted by Crippen LogP contribution is -2.35. The quantitative estimate of drug-likeness (QED) is 0.654. The van der Waals surface area contributed by atoms with Crippen molar-refractivity contribution >= 4 is 11.8 Å². The Bertz CT molecular complexity index is 138. The SMILES string of the molecule is CCCCCCC1CSCC1NCC. The number of thioether (sulfide) groups is 1. The third-order valence-corrected chi connectivity index (χ3v) is 4.35. The highest BCUT2D eigenvalue weighted by Gasteiger charge is 2.25. The summed E-state index contributed by atoms with van der Waals surface area (Å²) in [7, 11) is 0. The molecule has 1 heterocycles. The van der Waals surface area contributed by atoms with Crippen LogP contribution in [0.3, 0.4) is 0 Å². The molecule has 0 spiro atoms. The van der Waals surface area contributed by atoms with Gasteiger partial charge in [0.05, 0.1) is 0 Å². The zero-order chi connectivity index (χ0) is 10.2. The summed E-state index contributed by atoms with van der Waals surface area (Å²) in [6.07, 6.45) is 7.12. The van der Waals surface area contributed by atoms with Gasteiger partial charge in [-0.05, 0) is 24.6 Å². The van der Waals surface area contributed by atoms with E-state index in [0.29, 0.717) is 0 Å². The number of hydrogen-bond donors (Lipinski definition) is 1. The lowest BCUT2D eigenvalue weighted by atomic mass is 9.96. The van der Waals surface area contributed by atoms with Crippen molar-refractivity contribution in [1.82, 2.24) is 5.32 Å². The van der Waals surface area contributed by atoms with E-state index in [0.717, 1.165) is 18.5 Å². The predicted octanol–water partition coefficient (Wildman–Crippen LogP) is 3.30. The van der Waals surface area contributed by atoms with Gasteiger partial charge in [0.1, 0.15) is 0 Å². The van der Waals surface area contributed by atoms with E-state index in [9.17, 15) is 0 Å². The molecule has 14 heavy (non-hydrogen) atoms. The van der Waals surface area contributed by atoms with Gasteiger partial charge in [-0.15, -0.1) is 0 Å². The molecule has 1 saturated heterocycles. The van der Waals surface area contributed by atoms with Crippen LogP contribution in [0.4, 0.5) is 0 Å². The van der Waals surface area contributed by atoms with Crippen molar-refractivity contribution in [1.29, 1.82) is 0 Å². The maximum Gasteiger partial charge on any atom is 0.0194 e. The highest BCUT2D eigenvalue weighted by atomic mass is 32.2. The van der Waals surface area contributed by atoms with Crippen molar-refractivity contribution < 1.29 is 0 Å². The van der Waals surface area contributed by atoms with Gasteiger partial charge in [0.25, 0.3) is 0 Å². The Kier molecular flexibility index (Phi) is 6.70. The Morgan fingerprint density at radius 2 is 2.00 bits per heavy atom. The van der Waals surface area contributed by atoms with Gasteiger partial charge in [-0.3, -0.25) is 0 Å². The molecule has 0 radical (unpaired) electrons. The fraction of sp³-hybridized carbons (Fsp3) is 1.00. The van der Waals surface area contributed by atoms with Gasteiger partial charge in [-0.25, -0.2) is 0 Å². The molecule has 2 heteroatoms. The maximum atomic E-state index is 3.61. The van der Waals surface area contributed by atoms with Crippen LogP contribution < -0.4 is 5.32 Å². The van der Waals surface area contributed by atoms with E-state index < -0.39 is 0 Å². The molecule has 1 N–H and O–H groups in total. The molecule has 1 aliphatic heterocycles. The summed E-state index contributed by atoms with van der Waals surface area (Å²) in [5.74, 6) is 3.69. The van der Waals surface area contributed by atoms with Crippen molar-refractivity contribution in [2.45, 2.75) is 52.0 Å². The van der Waals surface area contributed by atoms with Crippen LogP contribution in [0.5, 0.6) is 0 Å². The summed E-state index contributed by atoms with van der Waals surface area (Å²) in [6, 6.07) is 0.812. The minimum absolute atomic E-state index is 0.812. The average Bonchev–Trinajstić information content (AvgIpc) is 2.61. The first-order valence-electron chi connectivity index (χ1n) is 6.19. The lowest BCUT2D eigenvalue weighted by Gasteiger charge is -2.19. The summed E-state index contributed by atoms with van der Waals surface area (Å²) in [4.78, 5) is 0. The molecular weight excluding hydrogens is 190 g/mol. The first-order valence-corrected chi connectivity index (χ1v) is 7.35. The molecule has 1 nitrogen and oxygen atoms in total. The molecule has 1 fully saturated rings. The summed E-state index contributed by atoms with van der Waals surface area (Å²) >= 11 is 2.13. The van der Waals surface area contributed by atoms with Gasteiger partial charge in [0.2, 0.25) is 0 Å². The van der Waals surface area contributed by atoms with Crippen LogP contribution in [0.2, 0.25) is 0 Å². The number of unbranched alkanes of at least 4 members (excludes halogenated alkanes) is 3. The maximum absolute atomic E-state index is 3.61. The van der Waals surface area contributed by atoms with Gasteiger partial charge in [-0.1, -0.05) is 39.5 Å². The molecule has 0 aromatic carbocycles. The molecule has 0 saturated carbocycles. The van der Waals surface area contributed by atoms with Crippen molar-refractivity contribution in [2.24, 2.45) is 5.92 Å². The Morgan fingerprint density at radius 3 is 2.71 bits per heavy atom. The van der Waals surface area contributed by atoms with E-state index in [1.807, 2.05) is 0 Å². The van der Waals surface area contributed by atoms with E-state index >= 15 is 0 Å². The first-order chi connectivity index (χ1) is 6.88. The Balaban J connectivity index is 2.09. The standard InChI is InChI=1S/C12H25NS/c1-3-5-6-7-8-11-9-14-10-12(11)13-4-2/h11-13H,3-10H2,1-2H3. The van der Waals surface area contributed by atoms with Crippen LogP contribution in [-0.4, -0.2) is 24.1 Å². The zero-order valence-electron chi connectivity index (χ0n) is 9.72. The Morgan fingerprint density at radius 1 is 1.14 bits per heavy atom. The van der Waals surface area contributed by atoms with Crippen LogP contribution in [0.15, 0.2) is 0 Å². The lowest BCUT2D eigenvalue weighted by molar-refractivity contribution is 0.396. The van der Waals surface area contributed by atoms with E-state index in [-0.39, 0.29) is 0 Å². The summed E-state index contributed by atoms with van der Waals surface area (Å²) in [5.41, 5.74) is 0. The molecule has 0 aromatic heterocycles. The average molecular weight is 215 g/mol. The van der Waals surface area contributed by atoms with Gasteiger partial charge < -0.3 is 5.32 Å². The van der Waals surface area contributed by atoms with Gasteiger partial charge in [0.15, 0.2) is 0 Å². The summed E-state index contributed by atoms with van der Waals surface area (Å²) in [6.45, 7) is 5.64. The third kappa shape index (κ3) is 4.22. The molecule has 1 rings (SSSR count). The smallest absolute Gasteiger partial charge is 0.0194 e. The predicted molar refractivity (Wildman–Crippen MR) is 67.0 cm³/mol. The third-order valence-electron chi connectivity index (χ3n) is 3.09.